The van der Waals surface area contributed by atoms with Crippen molar-refractivity contribution in [2.24, 2.45) is 0 Å². The highest BCUT2D eigenvalue weighted by molar-refractivity contribution is 5.77. The number of carbonyl (C=O) groups is 3. The molecule has 0 bridgehead atoms. The van der Waals surface area contributed by atoms with Crippen molar-refractivity contribution in [2.75, 3.05) is 59.5 Å². The lowest BCUT2D eigenvalue weighted by atomic mass is 9.89. The van der Waals surface area contributed by atoms with E-state index in [1.165, 1.54) is 13.8 Å². The molecule has 38 N–H and O–H groups in total. The molecule has 0 aromatic rings. The lowest BCUT2D eigenvalue weighted by molar-refractivity contribution is -0.416. The number of amides is 1. The Bertz CT molecular complexity index is 3770. The molecule has 802 valence electrons. The molecule has 0 unspecified atom stereocenters. The summed E-state index contributed by atoms with van der Waals surface area (Å²) in [5.41, 5.74) is 0. The van der Waals surface area contributed by atoms with Gasteiger partial charge in [0.05, 0.1) is 90.0 Å². The Morgan fingerprint density at radius 2 is 0.703 bits per heavy atom. The SMILES string of the molecule is CC(=O)N[C@H]1[C@H](O[C@@H]2[C@H](O)[C@@H](O[C@@H]3[C@H](O)[C@@H](O[C@H]4[C@@H]([C@H](O)CO)O[C@@](O)(C(=O)O)C[C@H]4O[C@]4(C(=O)O)C[C@@H](O)[C@@H](O)[C@@H]([C@H](O)CO)O4)O[C@H]([C@@H](O)CO)[C@H]3O[C@@H]3O[C@H](CO)[C@@H](O)[C@H](O)[C@H]3O)O[C@H]([C@@H](O)CO[C@H]3O[C@H]([C@@H](O)CO[C@H]4O[C@H]([C@H](O)CO)[C@@H](O)[C@H](O)[C@@H]4O)[C@@H](O)[C@H](O)[C@@H]3O)[C@H]2O)O[C@H](CO)[C@H](O)[C@@H]1O[C@@H]1O[C@@H](C)[C@@H](O[C@@H]2O[C@H](C)[C@@H](O)C[C@H]2O)[C@@H](O[C@H]2O[C@H](CO)[C@@H](O)[C@H](O)[C@@H]2O)[C@@H]1O. The third-order valence-corrected chi connectivity index (χ3v) is 25.7. The van der Waals surface area contributed by atoms with Crippen LogP contribution in [0.4, 0.5) is 0 Å². The minimum Gasteiger partial charge on any atom is -0.477 e. The molecule has 138 heavy (non-hydrogen) atoms. The molecule has 11 fully saturated rings. The largest absolute Gasteiger partial charge is 0.477 e. The first-order valence-corrected chi connectivity index (χ1v) is 43.8. The first kappa shape index (κ1) is 114. The summed E-state index contributed by atoms with van der Waals surface area (Å²) in [5, 5.41) is 416. The Morgan fingerprint density at radius 1 is 0.326 bits per heavy atom. The maximum atomic E-state index is 13.7. The predicted molar refractivity (Wildman–Crippen MR) is 416 cm³/mol. The van der Waals surface area contributed by atoms with Crippen molar-refractivity contribution in [3.8, 4) is 0 Å². The lowest BCUT2D eigenvalue weighted by Crippen LogP contribution is -2.72. The van der Waals surface area contributed by atoms with E-state index in [4.69, 9.17) is 99.5 Å². The van der Waals surface area contributed by atoms with Crippen LogP contribution >= 0.6 is 0 Å². The van der Waals surface area contributed by atoms with Gasteiger partial charge in [0, 0.05) is 26.2 Å². The maximum absolute atomic E-state index is 13.7. The van der Waals surface area contributed by atoms with Gasteiger partial charge in [-0.15, -0.1) is 0 Å². The molecule has 11 aliphatic heterocycles. The second-order valence-corrected chi connectivity index (χ2v) is 35.3. The molecule has 0 radical (unpaired) electrons. The first-order valence-electron chi connectivity index (χ1n) is 43.8. The molecule has 11 heterocycles. The molecule has 11 rings (SSSR count). The molecular weight excluding hydrogens is 1900 g/mol. The molecule has 0 spiro atoms. The standard InChI is InChI=1S/C76H127NO61/c1-16-19(86)4-20(87)64(120-16)125-51-17(2)121-70(49(111)61(51)133-68-45(107)37(99)34(96)29(11-82)123-68)131-59-32(77-18(3)85)65(122-31(13-84)36(59)98)132-60-47(109)54(27(94)15-119-67-44(106)40(102)42(104)53(127-67)26(93)14-118-66-43(105)39(101)41(103)52(126-66)22(89)7-78)128-71(48(60)110)134-62-50(112)72(129-56(24(91)9-80)63(62)135-69-46(108)38(100)35(97)30(12-83)124-69)130-58-28(6-75(117,73(113)114)137-57(58)25(92)10-81)136-76(74(115)116)5-21(88)33(95)55(138-76)23(90)8-79/h16-17,19-72,78-84,86-112,117H,4-15H2,1-3H3,(H,77,85)(H,113,114)(H,115,116)/t16-,17+,19+,20-,21-,22-,23-,24+,25-,26+,27+,28-,29-,30-,31-,32-,33-,34-,35-,36+,37+,38+,39+,40+,41+,42+,43+,44+,45+,46-,47-,48+,49+,50+,51-,52-,53-,54-,55-,56-,57-,58-,59-,60+,61+,62-,63-,64+,65+,66+,67+,68-,69+,70+,71-,72-,75-,76-/m1/s1. The molecule has 0 aliphatic carbocycles. The van der Waals surface area contributed by atoms with Crippen LogP contribution in [0.3, 0.4) is 0 Å². The minimum atomic E-state index is -3.75. The molecule has 11 saturated heterocycles. The molecule has 62 nitrogen and oxygen atoms in total. The number of carbonyl (C=O) groups excluding carboxylic acids is 1. The van der Waals surface area contributed by atoms with Gasteiger partial charge in [-0.2, -0.15) is 0 Å². The number of aliphatic carboxylic acids is 2. The molecule has 0 aromatic carbocycles. The fourth-order valence-electron chi connectivity index (χ4n) is 17.8. The number of carboxylic acid groups (broad SMARTS) is 2. The van der Waals surface area contributed by atoms with Crippen LogP contribution in [0.1, 0.15) is 40.0 Å². The van der Waals surface area contributed by atoms with Crippen molar-refractivity contribution < 1.29 is 303 Å². The summed E-state index contributed by atoms with van der Waals surface area (Å²) >= 11 is 0. The Kier molecular flexibility index (Phi) is 40.2. The van der Waals surface area contributed by atoms with Gasteiger partial charge in [-0.05, 0) is 13.8 Å². The summed E-state index contributed by atoms with van der Waals surface area (Å²) in [5.74, 6) is -13.2. The van der Waals surface area contributed by atoms with Gasteiger partial charge in [-0.25, -0.2) is 9.59 Å². The Labute approximate surface area is 778 Å². The van der Waals surface area contributed by atoms with E-state index in [1.807, 2.05) is 0 Å². The van der Waals surface area contributed by atoms with E-state index in [0.29, 0.717) is 0 Å². The topological polar surface area (TPSA) is 1010 Å². The van der Waals surface area contributed by atoms with Crippen molar-refractivity contribution in [3.05, 3.63) is 0 Å². The zero-order valence-corrected chi connectivity index (χ0v) is 73.2. The fourth-order valence-corrected chi connectivity index (χ4v) is 17.8. The summed E-state index contributed by atoms with van der Waals surface area (Å²) in [7, 11) is 0. The van der Waals surface area contributed by atoms with Gasteiger partial charge in [0.15, 0.2) is 56.6 Å². The third-order valence-electron chi connectivity index (χ3n) is 25.7. The first-order chi connectivity index (χ1) is 64.9. The highest BCUT2D eigenvalue weighted by Gasteiger charge is 2.66. The van der Waals surface area contributed by atoms with Gasteiger partial charge < -0.3 is 294 Å². The quantitative estimate of drug-likeness (QED) is 0.0273. The van der Waals surface area contributed by atoms with Gasteiger partial charge in [0.25, 0.3) is 11.6 Å². The predicted octanol–water partition coefficient (Wildman–Crippen LogP) is -24.6. The van der Waals surface area contributed by atoms with E-state index >= 15 is 0 Å². The average Bonchev–Trinajstić information content (AvgIpc) is 0.741. The van der Waals surface area contributed by atoms with Gasteiger partial charge in [-0.3, -0.25) is 4.79 Å². The smallest absolute Gasteiger partial charge is 0.364 e. The van der Waals surface area contributed by atoms with E-state index in [0.717, 1.165) is 6.92 Å². The van der Waals surface area contributed by atoms with E-state index < -0.39 is 445 Å². The van der Waals surface area contributed by atoms with Crippen LogP contribution < -0.4 is 5.32 Å². The van der Waals surface area contributed by atoms with Crippen LogP contribution in [0.25, 0.3) is 0 Å². The van der Waals surface area contributed by atoms with Gasteiger partial charge in [0.1, 0.15) is 256 Å². The summed E-state index contributed by atoms with van der Waals surface area (Å²) in [6.45, 7) is -8.48. The van der Waals surface area contributed by atoms with Crippen LogP contribution in [0, 0.1) is 0 Å². The van der Waals surface area contributed by atoms with Crippen LogP contribution in [0.5, 0.6) is 0 Å². The number of aliphatic hydroxyl groups is 35. The zero-order chi connectivity index (χ0) is 102. The number of nitrogens with one attached hydrogen (secondary N) is 1. The van der Waals surface area contributed by atoms with Crippen molar-refractivity contribution in [2.45, 2.75) is 395 Å². The Hall–Kier alpha value is -3.83. The number of aliphatic hydroxyl groups excluding tert-OH is 34. The van der Waals surface area contributed by atoms with Crippen LogP contribution in [0.15, 0.2) is 0 Å². The summed E-state index contributed by atoms with van der Waals surface area (Å²) in [6.07, 6.45) is -131. The zero-order valence-electron chi connectivity index (χ0n) is 73.2. The van der Waals surface area contributed by atoms with Crippen LogP contribution in [-0.2, 0) is 114 Å². The lowest BCUT2D eigenvalue weighted by Gasteiger charge is -2.53. The molecule has 0 aromatic heterocycles. The van der Waals surface area contributed by atoms with Crippen LogP contribution in [0.2, 0.25) is 0 Å². The molecule has 0 saturated carbocycles. The molecule has 62 heteroatoms. The molecule has 58 atom stereocenters. The number of carboxylic acids is 2. The summed E-state index contributed by atoms with van der Waals surface area (Å²) in [6, 6.07) is -2.27. The summed E-state index contributed by atoms with van der Waals surface area (Å²) < 4.78 is 124. The van der Waals surface area contributed by atoms with Crippen molar-refractivity contribution in [3.63, 3.8) is 0 Å². The van der Waals surface area contributed by atoms with Crippen molar-refractivity contribution >= 4 is 17.8 Å². The van der Waals surface area contributed by atoms with Gasteiger partial charge in [0.2, 0.25) is 5.91 Å². The second kappa shape index (κ2) is 48.4. The van der Waals surface area contributed by atoms with Crippen molar-refractivity contribution in [1.82, 2.24) is 5.32 Å². The van der Waals surface area contributed by atoms with Gasteiger partial charge in [-0.1, -0.05) is 0 Å². The minimum absolute atomic E-state index is 0.376. The van der Waals surface area contributed by atoms with Crippen molar-refractivity contribution in [1.29, 1.82) is 0 Å². The highest BCUT2D eigenvalue weighted by atomic mass is 16.8. The second-order valence-electron chi connectivity index (χ2n) is 35.3. The number of ether oxygens (including phenoxy) is 21. The highest BCUT2D eigenvalue weighted by Crippen LogP contribution is 2.46. The Morgan fingerprint density at radius 3 is 1.20 bits per heavy atom. The summed E-state index contributed by atoms with van der Waals surface area (Å²) in [4.78, 5) is 40.3. The number of hydrogen-bond donors (Lipinski definition) is 38. The average molecular weight is 2030 g/mol. The number of rotatable bonds is 38. The number of hydrogen-bond acceptors (Lipinski definition) is 59. The van der Waals surface area contributed by atoms with E-state index in [2.05, 4.69) is 5.32 Å². The fraction of sp³-hybridized carbons (Fsp3) is 0.961. The normalized spacial score (nSPS) is 49.7. The van der Waals surface area contributed by atoms with Crippen LogP contribution in [-0.4, -0.2) is 621 Å². The monoisotopic (exact) mass is 2030 g/mol. The van der Waals surface area contributed by atoms with Gasteiger partial charge >= 0.3 is 11.9 Å². The van der Waals surface area contributed by atoms with E-state index in [1.54, 1.807) is 0 Å². The molecule has 1 amide bonds. The van der Waals surface area contributed by atoms with E-state index in [9.17, 15) is 203 Å². The maximum Gasteiger partial charge on any atom is 0.364 e. The molecular formula is C76H127NO61. The third kappa shape index (κ3) is 24.4. The molecule has 11 aliphatic rings. The van der Waals surface area contributed by atoms with E-state index in [-0.39, 0.29) is 6.42 Å². The Balaban J connectivity index is 0.993.